The summed E-state index contributed by atoms with van der Waals surface area (Å²) in [6.45, 7) is 11.2. The Balaban J connectivity index is 2.04. The van der Waals surface area contributed by atoms with Crippen molar-refractivity contribution in [3.8, 4) is 0 Å². The lowest BCUT2D eigenvalue weighted by Gasteiger charge is -2.31. The Morgan fingerprint density at radius 1 is 1.07 bits per heavy atom. The van der Waals surface area contributed by atoms with Crippen LogP contribution < -0.4 is 0 Å². The smallest absolute Gasteiger partial charge is 0.160 e. The summed E-state index contributed by atoms with van der Waals surface area (Å²) >= 11 is 0. The summed E-state index contributed by atoms with van der Waals surface area (Å²) in [5, 5.41) is 0. The molecular formula is C13H24O2. The Bertz CT molecular complexity index is 219. The van der Waals surface area contributed by atoms with Gasteiger partial charge in [-0.05, 0) is 30.1 Å². The van der Waals surface area contributed by atoms with E-state index in [1.54, 1.807) is 0 Å². The van der Waals surface area contributed by atoms with Crippen molar-refractivity contribution in [3.05, 3.63) is 0 Å². The van der Waals surface area contributed by atoms with Gasteiger partial charge in [-0.25, -0.2) is 0 Å². The topological polar surface area (TPSA) is 18.5 Å². The van der Waals surface area contributed by atoms with E-state index in [9.17, 15) is 0 Å². The molecule has 1 saturated heterocycles. The van der Waals surface area contributed by atoms with E-state index in [1.807, 2.05) is 0 Å². The Morgan fingerprint density at radius 2 is 1.67 bits per heavy atom. The van der Waals surface area contributed by atoms with Crippen molar-refractivity contribution in [3.63, 3.8) is 0 Å². The predicted molar refractivity (Wildman–Crippen MR) is 60.5 cm³/mol. The van der Waals surface area contributed by atoms with Crippen molar-refractivity contribution in [2.24, 2.45) is 23.2 Å². The summed E-state index contributed by atoms with van der Waals surface area (Å²) in [4.78, 5) is 0. The largest absolute Gasteiger partial charge is 0.352 e. The number of rotatable bonds is 1. The molecule has 2 aliphatic rings. The van der Waals surface area contributed by atoms with Gasteiger partial charge >= 0.3 is 0 Å². The highest BCUT2D eigenvalue weighted by molar-refractivity contribution is 4.93. The van der Waals surface area contributed by atoms with Gasteiger partial charge in [0.25, 0.3) is 0 Å². The fourth-order valence-corrected chi connectivity index (χ4v) is 3.16. The van der Waals surface area contributed by atoms with Gasteiger partial charge in [0, 0.05) is 5.92 Å². The molecule has 2 fully saturated rings. The number of ether oxygens (including phenoxy) is 2. The number of hydrogen-bond donors (Lipinski definition) is 0. The molecule has 2 rings (SSSR count). The van der Waals surface area contributed by atoms with Crippen molar-refractivity contribution in [1.82, 2.24) is 0 Å². The molecule has 0 radical (unpaired) electrons. The van der Waals surface area contributed by atoms with Crippen LogP contribution in [0, 0.1) is 23.2 Å². The monoisotopic (exact) mass is 212 g/mol. The molecule has 3 unspecified atom stereocenters. The Hall–Kier alpha value is -0.0800. The standard InChI is InChI=1S/C13H24O2/c1-9-10(2)13(3,4)8-11(9)12-14-6-5-7-15-12/h9-12H,5-8H2,1-4H3. The van der Waals surface area contributed by atoms with Gasteiger partial charge in [-0.1, -0.05) is 27.7 Å². The van der Waals surface area contributed by atoms with Crippen molar-refractivity contribution >= 4 is 0 Å². The summed E-state index contributed by atoms with van der Waals surface area (Å²) in [5.41, 5.74) is 0.439. The van der Waals surface area contributed by atoms with Crippen LogP contribution in [0.15, 0.2) is 0 Å². The lowest BCUT2D eigenvalue weighted by molar-refractivity contribution is -0.210. The first-order valence-electron chi connectivity index (χ1n) is 6.25. The molecule has 88 valence electrons. The molecule has 1 aliphatic heterocycles. The second kappa shape index (κ2) is 4.06. The normalized spacial score (nSPS) is 42.0. The van der Waals surface area contributed by atoms with Gasteiger partial charge in [0.2, 0.25) is 0 Å². The van der Waals surface area contributed by atoms with Gasteiger partial charge in [-0.2, -0.15) is 0 Å². The highest BCUT2D eigenvalue weighted by Gasteiger charge is 2.47. The third kappa shape index (κ3) is 2.07. The summed E-state index contributed by atoms with van der Waals surface area (Å²) in [6, 6.07) is 0. The first-order chi connectivity index (χ1) is 7.02. The van der Waals surface area contributed by atoms with E-state index in [4.69, 9.17) is 9.47 Å². The molecule has 0 aromatic carbocycles. The maximum absolute atomic E-state index is 5.75. The molecule has 0 bridgehead atoms. The minimum Gasteiger partial charge on any atom is -0.352 e. The molecule has 0 spiro atoms. The van der Waals surface area contributed by atoms with E-state index in [0.29, 0.717) is 17.3 Å². The minimum absolute atomic E-state index is 0.0676. The molecule has 0 aromatic rings. The molecule has 0 amide bonds. The Labute approximate surface area is 93.3 Å². The molecule has 2 nitrogen and oxygen atoms in total. The van der Waals surface area contributed by atoms with Gasteiger partial charge in [-0.15, -0.1) is 0 Å². The summed E-state index contributed by atoms with van der Waals surface area (Å²) in [6.07, 6.45) is 2.36. The van der Waals surface area contributed by atoms with Crippen LogP contribution in [-0.4, -0.2) is 19.5 Å². The molecule has 2 heteroatoms. The first-order valence-corrected chi connectivity index (χ1v) is 6.25. The van der Waals surface area contributed by atoms with Gasteiger partial charge in [0.1, 0.15) is 0 Å². The van der Waals surface area contributed by atoms with Crippen LogP contribution in [0.4, 0.5) is 0 Å². The van der Waals surface area contributed by atoms with Crippen LogP contribution in [-0.2, 0) is 9.47 Å². The fraction of sp³-hybridized carbons (Fsp3) is 1.00. The first kappa shape index (κ1) is 11.4. The van der Waals surface area contributed by atoms with Crippen LogP contribution in [0.5, 0.6) is 0 Å². The van der Waals surface area contributed by atoms with Crippen LogP contribution in [0.25, 0.3) is 0 Å². The molecule has 1 aliphatic carbocycles. The van der Waals surface area contributed by atoms with E-state index >= 15 is 0 Å². The SMILES string of the molecule is CC1C(C2OCCCO2)CC(C)(C)C1C. The third-order valence-electron chi connectivity index (χ3n) is 4.66. The van der Waals surface area contributed by atoms with E-state index < -0.39 is 0 Å². The van der Waals surface area contributed by atoms with Crippen LogP contribution in [0.1, 0.15) is 40.5 Å². The quantitative estimate of drug-likeness (QED) is 0.665. The van der Waals surface area contributed by atoms with Crippen molar-refractivity contribution in [1.29, 1.82) is 0 Å². The average Bonchev–Trinajstić information content (AvgIpc) is 2.44. The Kier molecular flexibility index (Phi) is 3.09. The number of hydrogen-bond acceptors (Lipinski definition) is 2. The molecule has 3 atom stereocenters. The lowest BCUT2D eigenvalue weighted by atomic mass is 9.81. The summed E-state index contributed by atoms with van der Waals surface area (Å²) in [5.74, 6) is 2.06. The molecule has 0 aromatic heterocycles. The van der Waals surface area contributed by atoms with E-state index in [0.717, 1.165) is 25.6 Å². The molecular weight excluding hydrogens is 188 g/mol. The van der Waals surface area contributed by atoms with Crippen LogP contribution >= 0.6 is 0 Å². The van der Waals surface area contributed by atoms with Crippen molar-refractivity contribution < 1.29 is 9.47 Å². The highest BCUT2D eigenvalue weighted by atomic mass is 16.7. The minimum atomic E-state index is 0.0676. The van der Waals surface area contributed by atoms with Crippen molar-refractivity contribution in [2.45, 2.75) is 46.8 Å². The molecule has 15 heavy (non-hydrogen) atoms. The van der Waals surface area contributed by atoms with Gasteiger partial charge in [0.15, 0.2) is 6.29 Å². The zero-order valence-corrected chi connectivity index (χ0v) is 10.5. The molecule has 0 N–H and O–H groups in total. The Morgan fingerprint density at radius 3 is 2.13 bits per heavy atom. The summed E-state index contributed by atoms with van der Waals surface area (Å²) in [7, 11) is 0. The second-order valence-corrected chi connectivity index (χ2v) is 5.97. The molecule has 1 heterocycles. The van der Waals surface area contributed by atoms with Crippen molar-refractivity contribution in [2.75, 3.05) is 13.2 Å². The fourth-order valence-electron chi connectivity index (χ4n) is 3.16. The predicted octanol–water partition coefficient (Wildman–Crippen LogP) is 3.07. The van der Waals surface area contributed by atoms with E-state index in [1.165, 1.54) is 6.42 Å². The summed E-state index contributed by atoms with van der Waals surface area (Å²) < 4.78 is 11.5. The van der Waals surface area contributed by atoms with Crippen LogP contribution in [0.2, 0.25) is 0 Å². The van der Waals surface area contributed by atoms with E-state index in [2.05, 4.69) is 27.7 Å². The van der Waals surface area contributed by atoms with E-state index in [-0.39, 0.29) is 6.29 Å². The maximum Gasteiger partial charge on any atom is 0.160 e. The lowest BCUT2D eigenvalue weighted by Crippen LogP contribution is -2.34. The van der Waals surface area contributed by atoms with Gasteiger partial charge in [-0.3, -0.25) is 0 Å². The zero-order valence-electron chi connectivity index (χ0n) is 10.5. The van der Waals surface area contributed by atoms with Gasteiger partial charge < -0.3 is 9.47 Å². The highest BCUT2D eigenvalue weighted by Crippen LogP contribution is 2.51. The molecule has 1 saturated carbocycles. The average molecular weight is 212 g/mol. The van der Waals surface area contributed by atoms with Crippen LogP contribution in [0.3, 0.4) is 0 Å². The zero-order chi connectivity index (χ0) is 11.1. The second-order valence-electron chi connectivity index (χ2n) is 5.97. The van der Waals surface area contributed by atoms with Gasteiger partial charge in [0.05, 0.1) is 13.2 Å². The maximum atomic E-state index is 5.75. The third-order valence-corrected chi connectivity index (χ3v) is 4.66.